The van der Waals surface area contributed by atoms with Gasteiger partial charge in [-0.2, -0.15) is 5.10 Å². The molecule has 2 amide bonds. The van der Waals surface area contributed by atoms with Gasteiger partial charge in [-0.15, -0.1) is 0 Å². The molecule has 2 aromatic rings. The SMILES string of the molecule is COC(=O)c1cc2n(n1)C[C@@](C)(C(=O)NC1CCCCC1)N(c1ccccc1C)C2=O. The van der Waals surface area contributed by atoms with E-state index in [1.807, 2.05) is 31.2 Å². The number of rotatable bonds is 4. The van der Waals surface area contributed by atoms with E-state index < -0.39 is 11.5 Å². The van der Waals surface area contributed by atoms with Crippen molar-refractivity contribution >= 4 is 23.5 Å². The lowest BCUT2D eigenvalue weighted by molar-refractivity contribution is -0.127. The number of amides is 2. The Kier molecular flexibility index (Phi) is 5.56. The van der Waals surface area contributed by atoms with Crippen molar-refractivity contribution in [1.29, 1.82) is 0 Å². The Bertz CT molecular complexity index is 1020. The molecule has 8 heteroatoms. The molecule has 2 heterocycles. The number of nitrogens with one attached hydrogen (secondary N) is 1. The average Bonchev–Trinajstić information content (AvgIpc) is 3.19. The van der Waals surface area contributed by atoms with Gasteiger partial charge in [0.1, 0.15) is 11.2 Å². The summed E-state index contributed by atoms with van der Waals surface area (Å²) in [6, 6.07) is 9.03. The molecule has 0 saturated heterocycles. The van der Waals surface area contributed by atoms with Crippen LogP contribution >= 0.6 is 0 Å². The van der Waals surface area contributed by atoms with E-state index in [4.69, 9.17) is 4.74 Å². The second kappa shape index (κ2) is 8.17. The van der Waals surface area contributed by atoms with Crippen molar-refractivity contribution in [2.45, 2.75) is 64.1 Å². The molecule has 1 aromatic heterocycles. The molecule has 8 nitrogen and oxygen atoms in total. The van der Waals surface area contributed by atoms with Gasteiger partial charge >= 0.3 is 5.97 Å². The van der Waals surface area contributed by atoms with Crippen LogP contribution in [-0.4, -0.2) is 46.3 Å². The quantitative estimate of drug-likeness (QED) is 0.762. The number of aryl methyl sites for hydroxylation is 1. The lowest BCUT2D eigenvalue weighted by Gasteiger charge is -2.44. The lowest BCUT2D eigenvalue weighted by Crippen LogP contribution is -2.65. The smallest absolute Gasteiger partial charge is 0.358 e. The second-order valence-electron chi connectivity index (χ2n) is 8.57. The highest BCUT2D eigenvalue weighted by molar-refractivity contribution is 6.12. The predicted octanol–water partition coefficient (Wildman–Crippen LogP) is 2.85. The van der Waals surface area contributed by atoms with Crippen LogP contribution in [0.5, 0.6) is 0 Å². The summed E-state index contributed by atoms with van der Waals surface area (Å²) in [7, 11) is 1.27. The fourth-order valence-electron chi connectivity index (χ4n) is 4.57. The number of methoxy groups -OCH3 is 1. The monoisotopic (exact) mass is 424 g/mol. The van der Waals surface area contributed by atoms with Gasteiger partial charge in [0.05, 0.1) is 13.7 Å². The van der Waals surface area contributed by atoms with Crippen LogP contribution < -0.4 is 10.2 Å². The number of fused-ring (bicyclic) bond motifs is 1. The second-order valence-corrected chi connectivity index (χ2v) is 8.57. The molecule has 1 aromatic carbocycles. The fourth-order valence-corrected chi connectivity index (χ4v) is 4.57. The molecule has 0 spiro atoms. The van der Waals surface area contributed by atoms with E-state index in [-0.39, 0.29) is 35.8 Å². The van der Waals surface area contributed by atoms with Gasteiger partial charge in [-0.1, -0.05) is 37.5 Å². The maximum Gasteiger partial charge on any atom is 0.358 e. The Morgan fingerprint density at radius 1 is 1.19 bits per heavy atom. The van der Waals surface area contributed by atoms with E-state index in [1.54, 1.807) is 11.8 Å². The van der Waals surface area contributed by atoms with Crippen molar-refractivity contribution in [2.75, 3.05) is 12.0 Å². The molecule has 0 unspecified atom stereocenters. The topological polar surface area (TPSA) is 93.5 Å². The highest BCUT2D eigenvalue weighted by Crippen LogP contribution is 2.35. The minimum Gasteiger partial charge on any atom is -0.464 e. The van der Waals surface area contributed by atoms with Crippen LogP contribution in [0.3, 0.4) is 0 Å². The van der Waals surface area contributed by atoms with Gasteiger partial charge < -0.3 is 10.1 Å². The summed E-state index contributed by atoms with van der Waals surface area (Å²) in [6.45, 7) is 3.81. The first-order chi connectivity index (χ1) is 14.8. The van der Waals surface area contributed by atoms with Crippen molar-refractivity contribution in [3.63, 3.8) is 0 Å². The highest BCUT2D eigenvalue weighted by Gasteiger charge is 2.49. The number of ether oxygens (including phenoxy) is 1. The molecule has 1 saturated carbocycles. The van der Waals surface area contributed by atoms with Crippen LogP contribution in [0.4, 0.5) is 5.69 Å². The van der Waals surface area contributed by atoms with Crippen molar-refractivity contribution < 1.29 is 19.1 Å². The molecule has 4 rings (SSSR count). The van der Waals surface area contributed by atoms with Gasteiger partial charge in [-0.3, -0.25) is 19.2 Å². The Morgan fingerprint density at radius 3 is 2.58 bits per heavy atom. The van der Waals surface area contributed by atoms with Gasteiger partial charge in [0.2, 0.25) is 5.91 Å². The molecule has 1 fully saturated rings. The number of hydrogen-bond acceptors (Lipinski definition) is 5. The standard InChI is InChI=1S/C23H28N4O4/c1-15-9-7-8-12-18(15)27-20(28)19-13-17(21(29)31-3)25-26(19)14-23(27,2)22(30)24-16-10-5-4-6-11-16/h7-9,12-13,16H,4-6,10-11,14H2,1-3H3,(H,24,30)/t23-/m0/s1. The molecule has 164 valence electrons. The third-order valence-corrected chi connectivity index (χ3v) is 6.33. The Hall–Kier alpha value is -3.16. The van der Waals surface area contributed by atoms with Gasteiger partial charge in [0.25, 0.3) is 5.91 Å². The Labute approximate surface area is 181 Å². The third kappa shape index (κ3) is 3.71. The lowest BCUT2D eigenvalue weighted by atomic mass is 9.90. The maximum absolute atomic E-state index is 13.6. The molecule has 1 aliphatic carbocycles. The summed E-state index contributed by atoms with van der Waals surface area (Å²) in [5, 5.41) is 7.44. The molecule has 1 atom stereocenters. The summed E-state index contributed by atoms with van der Waals surface area (Å²) >= 11 is 0. The minimum atomic E-state index is -1.20. The number of carbonyl (C=O) groups excluding carboxylic acids is 3. The molecular weight excluding hydrogens is 396 g/mol. The zero-order chi connectivity index (χ0) is 22.2. The number of hydrogen-bond donors (Lipinski definition) is 1. The van der Waals surface area contributed by atoms with Crippen molar-refractivity contribution in [3.8, 4) is 0 Å². The molecule has 0 radical (unpaired) electrons. The maximum atomic E-state index is 13.6. The number of aromatic nitrogens is 2. The van der Waals surface area contributed by atoms with Crippen molar-refractivity contribution in [1.82, 2.24) is 15.1 Å². The van der Waals surface area contributed by atoms with E-state index in [0.717, 1.165) is 31.2 Å². The molecular formula is C23H28N4O4. The van der Waals surface area contributed by atoms with Crippen LogP contribution in [0.25, 0.3) is 0 Å². The molecule has 1 aliphatic heterocycles. The number of nitrogens with zero attached hydrogens (tertiary/aromatic N) is 3. The zero-order valence-electron chi connectivity index (χ0n) is 18.2. The number of esters is 1. The van der Waals surface area contributed by atoms with Gasteiger partial charge in [0, 0.05) is 17.8 Å². The van der Waals surface area contributed by atoms with Crippen LogP contribution in [0.1, 0.15) is 65.6 Å². The van der Waals surface area contributed by atoms with Gasteiger partial charge in [-0.05, 0) is 38.3 Å². The predicted molar refractivity (Wildman–Crippen MR) is 115 cm³/mol. The molecule has 2 aliphatic rings. The van der Waals surface area contributed by atoms with Gasteiger partial charge in [0.15, 0.2) is 5.69 Å². The number of anilines is 1. The van der Waals surface area contributed by atoms with E-state index in [9.17, 15) is 14.4 Å². The molecule has 31 heavy (non-hydrogen) atoms. The van der Waals surface area contributed by atoms with E-state index in [0.29, 0.717) is 5.69 Å². The zero-order valence-corrected chi connectivity index (χ0v) is 18.2. The average molecular weight is 425 g/mol. The van der Waals surface area contributed by atoms with Crippen LogP contribution in [0.2, 0.25) is 0 Å². The van der Waals surface area contributed by atoms with Crippen molar-refractivity contribution in [2.24, 2.45) is 0 Å². The number of benzene rings is 1. The van der Waals surface area contributed by atoms with Crippen molar-refractivity contribution in [3.05, 3.63) is 47.3 Å². The highest BCUT2D eigenvalue weighted by atomic mass is 16.5. The van der Waals surface area contributed by atoms with E-state index in [2.05, 4.69) is 10.4 Å². The number of para-hydroxylation sites is 1. The summed E-state index contributed by atoms with van der Waals surface area (Å²) in [5.74, 6) is -1.20. The Balaban J connectivity index is 1.77. The largest absolute Gasteiger partial charge is 0.464 e. The number of carbonyl (C=O) groups is 3. The summed E-state index contributed by atoms with van der Waals surface area (Å²) in [6.07, 6.45) is 5.26. The van der Waals surface area contributed by atoms with E-state index >= 15 is 0 Å². The normalized spacial score (nSPS) is 21.5. The first kappa shape index (κ1) is 21.1. The van der Waals surface area contributed by atoms with Gasteiger partial charge in [-0.25, -0.2) is 4.79 Å². The third-order valence-electron chi connectivity index (χ3n) is 6.33. The van der Waals surface area contributed by atoms with Crippen LogP contribution in [0, 0.1) is 6.92 Å². The van der Waals surface area contributed by atoms with Crippen LogP contribution in [-0.2, 0) is 16.1 Å². The fraction of sp³-hybridized carbons (Fsp3) is 0.478. The first-order valence-electron chi connectivity index (χ1n) is 10.7. The summed E-state index contributed by atoms with van der Waals surface area (Å²) < 4.78 is 6.21. The molecule has 1 N–H and O–H groups in total. The Morgan fingerprint density at radius 2 is 1.90 bits per heavy atom. The summed E-state index contributed by atoms with van der Waals surface area (Å²) in [4.78, 5) is 40.8. The minimum absolute atomic E-state index is 0.0486. The van der Waals surface area contributed by atoms with Crippen LogP contribution in [0.15, 0.2) is 30.3 Å². The first-order valence-corrected chi connectivity index (χ1v) is 10.7. The summed E-state index contributed by atoms with van der Waals surface area (Å²) in [5.41, 5.74) is 0.654. The van der Waals surface area contributed by atoms with E-state index in [1.165, 1.54) is 24.3 Å². The molecule has 0 bridgehead atoms.